The van der Waals surface area contributed by atoms with Gasteiger partial charge in [0.05, 0.1) is 29.5 Å². The third kappa shape index (κ3) is 3.62. The normalized spacial score (nSPS) is 20.5. The first-order chi connectivity index (χ1) is 13.1. The molecule has 9 heteroatoms. The van der Waals surface area contributed by atoms with E-state index in [1.54, 1.807) is 19.1 Å². The summed E-state index contributed by atoms with van der Waals surface area (Å²) in [5, 5.41) is 9.97. The molecule has 2 aliphatic rings. The lowest BCUT2D eigenvalue weighted by Gasteiger charge is -2.33. The number of nitrogens with zero attached hydrogens (tertiary/aromatic N) is 1. The molecule has 0 saturated carbocycles. The lowest BCUT2D eigenvalue weighted by atomic mass is 9.90. The molecular formula is C19H22N2O6S. The maximum atomic E-state index is 13.0. The van der Waals surface area contributed by atoms with Crippen molar-refractivity contribution in [2.75, 3.05) is 24.3 Å². The van der Waals surface area contributed by atoms with Crippen LogP contribution in [0.2, 0.25) is 0 Å². The number of carbonyl (C=O) groups is 2. The van der Waals surface area contributed by atoms with Crippen molar-refractivity contribution >= 4 is 27.3 Å². The summed E-state index contributed by atoms with van der Waals surface area (Å²) in [6, 6.07) is 3.63. The van der Waals surface area contributed by atoms with Crippen LogP contribution in [-0.2, 0) is 14.6 Å². The Bertz CT molecular complexity index is 996. The van der Waals surface area contributed by atoms with Crippen LogP contribution in [0.3, 0.4) is 0 Å². The molecular weight excluding hydrogens is 384 g/mol. The number of rotatable bonds is 6. The summed E-state index contributed by atoms with van der Waals surface area (Å²) in [5.41, 5.74) is 6.30. The van der Waals surface area contributed by atoms with E-state index in [0.717, 1.165) is 11.2 Å². The fourth-order valence-corrected chi connectivity index (χ4v) is 4.61. The Morgan fingerprint density at radius 2 is 2.04 bits per heavy atom. The highest BCUT2D eigenvalue weighted by molar-refractivity contribution is 7.90. The number of benzene rings is 1. The molecule has 0 fully saturated rings. The average Bonchev–Trinajstić information content (AvgIpc) is 2.86. The van der Waals surface area contributed by atoms with Gasteiger partial charge in [-0.15, -0.1) is 0 Å². The monoisotopic (exact) mass is 406 g/mol. The number of nitrogen functional groups attached to an aromatic ring is 1. The molecule has 1 aromatic rings. The largest absolute Gasteiger partial charge is 0.504 e. The topological polar surface area (TPSA) is 127 Å². The van der Waals surface area contributed by atoms with Crippen molar-refractivity contribution in [3.63, 3.8) is 0 Å². The molecule has 0 bridgehead atoms. The smallest absolute Gasteiger partial charge is 0.263 e. The van der Waals surface area contributed by atoms with Gasteiger partial charge in [-0.25, -0.2) is 8.42 Å². The van der Waals surface area contributed by atoms with Gasteiger partial charge in [0, 0.05) is 24.3 Å². The van der Waals surface area contributed by atoms with Gasteiger partial charge in [0.25, 0.3) is 11.8 Å². The number of carbonyl (C=O) groups excluding carboxylic acids is 2. The first-order valence-corrected chi connectivity index (χ1v) is 10.9. The average molecular weight is 406 g/mol. The van der Waals surface area contributed by atoms with Gasteiger partial charge in [-0.05, 0) is 25.1 Å². The number of amides is 2. The quantitative estimate of drug-likeness (QED) is 0.543. The van der Waals surface area contributed by atoms with Crippen LogP contribution in [0.1, 0.15) is 34.1 Å². The molecule has 0 spiro atoms. The molecule has 150 valence electrons. The highest BCUT2D eigenvalue weighted by Crippen LogP contribution is 2.35. The Kier molecular flexibility index (Phi) is 5.20. The van der Waals surface area contributed by atoms with Gasteiger partial charge in [0.15, 0.2) is 5.76 Å². The minimum absolute atomic E-state index is 0.0530. The lowest BCUT2D eigenvalue weighted by molar-refractivity contribution is 0.0555. The standard InChI is InChI=1S/C19H22N2O6S/c1-3-27-16-9-11(7-8-15(16)22)14(10-28(2,25)26)21-18(23)12-5-4-6-13(20)17(12)19(21)24/h4-8,11,14,22H,3,9-10,20H2,1-2H3/t11?,14-/m1/s1. The van der Waals surface area contributed by atoms with Crippen LogP contribution in [-0.4, -0.2) is 54.9 Å². The van der Waals surface area contributed by atoms with E-state index in [-0.39, 0.29) is 29.0 Å². The fraction of sp³-hybridized carbons (Fsp3) is 0.368. The maximum absolute atomic E-state index is 13.0. The van der Waals surface area contributed by atoms with Crippen LogP contribution in [0.5, 0.6) is 0 Å². The van der Waals surface area contributed by atoms with Gasteiger partial charge in [-0.3, -0.25) is 14.5 Å². The minimum atomic E-state index is -3.53. The Morgan fingerprint density at radius 1 is 1.32 bits per heavy atom. The van der Waals surface area contributed by atoms with Gasteiger partial charge in [-0.2, -0.15) is 0 Å². The number of nitrogens with two attached hydrogens (primary N) is 1. The second-order valence-corrected chi connectivity index (χ2v) is 9.06. The number of aliphatic hydroxyl groups excluding tert-OH is 1. The number of hydrogen-bond donors (Lipinski definition) is 2. The van der Waals surface area contributed by atoms with Crippen LogP contribution in [0, 0.1) is 5.92 Å². The van der Waals surface area contributed by atoms with E-state index < -0.39 is 39.4 Å². The number of fused-ring (bicyclic) bond motifs is 1. The van der Waals surface area contributed by atoms with Crippen LogP contribution in [0.15, 0.2) is 41.9 Å². The summed E-state index contributed by atoms with van der Waals surface area (Å²) >= 11 is 0. The van der Waals surface area contributed by atoms with Crippen LogP contribution in [0.25, 0.3) is 0 Å². The minimum Gasteiger partial charge on any atom is -0.504 e. The number of allylic oxidation sites excluding steroid dienone is 2. The second-order valence-electron chi connectivity index (χ2n) is 6.88. The molecule has 2 atom stereocenters. The Hall–Kier alpha value is -2.81. The number of anilines is 1. The van der Waals surface area contributed by atoms with E-state index in [1.165, 1.54) is 18.2 Å². The molecule has 1 aliphatic carbocycles. The van der Waals surface area contributed by atoms with Gasteiger partial charge in [-0.1, -0.05) is 12.1 Å². The van der Waals surface area contributed by atoms with Crippen molar-refractivity contribution < 1.29 is 27.9 Å². The Balaban J connectivity index is 2.01. The zero-order valence-electron chi connectivity index (χ0n) is 15.6. The van der Waals surface area contributed by atoms with Crippen LogP contribution >= 0.6 is 0 Å². The predicted octanol–water partition coefficient (Wildman–Crippen LogP) is 1.66. The summed E-state index contributed by atoms with van der Waals surface area (Å²) in [6.07, 6.45) is 4.22. The molecule has 28 heavy (non-hydrogen) atoms. The summed E-state index contributed by atoms with van der Waals surface area (Å²) in [6.45, 7) is 2.08. The zero-order valence-corrected chi connectivity index (χ0v) is 16.4. The van der Waals surface area contributed by atoms with Crippen molar-refractivity contribution in [3.05, 3.63) is 53.0 Å². The molecule has 3 N–H and O–H groups in total. The number of imide groups is 1. The molecule has 1 heterocycles. The van der Waals surface area contributed by atoms with Gasteiger partial charge in [0.1, 0.15) is 15.6 Å². The number of ether oxygens (including phenoxy) is 1. The Morgan fingerprint density at radius 3 is 2.64 bits per heavy atom. The lowest BCUT2D eigenvalue weighted by Crippen LogP contribution is -2.48. The van der Waals surface area contributed by atoms with E-state index in [4.69, 9.17) is 10.5 Å². The van der Waals surface area contributed by atoms with Crippen molar-refractivity contribution in [3.8, 4) is 0 Å². The van der Waals surface area contributed by atoms with E-state index in [9.17, 15) is 23.1 Å². The highest BCUT2D eigenvalue weighted by Gasteiger charge is 2.45. The summed E-state index contributed by atoms with van der Waals surface area (Å²) in [4.78, 5) is 26.9. The van der Waals surface area contributed by atoms with Gasteiger partial charge >= 0.3 is 0 Å². The van der Waals surface area contributed by atoms with Crippen LogP contribution < -0.4 is 5.73 Å². The van der Waals surface area contributed by atoms with Crippen LogP contribution in [0.4, 0.5) is 5.69 Å². The highest BCUT2D eigenvalue weighted by atomic mass is 32.2. The van der Waals surface area contributed by atoms with Crippen molar-refractivity contribution in [1.82, 2.24) is 4.90 Å². The molecule has 0 aromatic heterocycles. The SMILES string of the molecule is CCOC1=C(O)C=CC([C@@H](CS(C)(=O)=O)N2C(=O)c3cccc(N)c3C2=O)C1. The number of aliphatic hydroxyl groups is 1. The summed E-state index contributed by atoms with van der Waals surface area (Å²) < 4.78 is 29.6. The van der Waals surface area contributed by atoms with Gasteiger partial charge < -0.3 is 15.6 Å². The van der Waals surface area contributed by atoms with E-state index in [1.807, 2.05) is 0 Å². The summed E-state index contributed by atoms with van der Waals surface area (Å²) in [7, 11) is -3.53. The number of hydrogen-bond acceptors (Lipinski definition) is 7. The molecule has 0 radical (unpaired) electrons. The van der Waals surface area contributed by atoms with E-state index >= 15 is 0 Å². The molecule has 3 rings (SSSR count). The van der Waals surface area contributed by atoms with Crippen molar-refractivity contribution in [1.29, 1.82) is 0 Å². The third-order valence-electron chi connectivity index (χ3n) is 4.80. The van der Waals surface area contributed by atoms with E-state index in [0.29, 0.717) is 12.4 Å². The number of sulfone groups is 1. The summed E-state index contributed by atoms with van der Waals surface area (Å²) in [5.74, 6) is -1.89. The molecule has 0 saturated heterocycles. The first kappa shape index (κ1) is 19.9. The van der Waals surface area contributed by atoms with Crippen molar-refractivity contribution in [2.45, 2.75) is 19.4 Å². The van der Waals surface area contributed by atoms with Gasteiger partial charge in [0.2, 0.25) is 0 Å². The van der Waals surface area contributed by atoms with E-state index in [2.05, 4.69) is 0 Å². The third-order valence-corrected chi connectivity index (χ3v) is 5.75. The first-order valence-electron chi connectivity index (χ1n) is 8.81. The molecule has 2 amide bonds. The molecule has 1 aromatic carbocycles. The maximum Gasteiger partial charge on any atom is 0.263 e. The molecule has 1 unspecified atom stereocenters. The molecule has 1 aliphatic heterocycles. The zero-order chi connectivity index (χ0) is 20.6. The Labute approximate surface area is 163 Å². The fourth-order valence-electron chi connectivity index (χ4n) is 3.60. The molecule has 8 nitrogen and oxygen atoms in total. The predicted molar refractivity (Wildman–Crippen MR) is 103 cm³/mol. The second kappa shape index (κ2) is 7.31. The van der Waals surface area contributed by atoms with Crippen molar-refractivity contribution in [2.24, 2.45) is 5.92 Å².